The summed E-state index contributed by atoms with van der Waals surface area (Å²) in [5.41, 5.74) is 0.744. The highest BCUT2D eigenvalue weighted by molar-refractivity contribution is 6.01. The fourth-order valence-electron chi connectivity index (χ4n) is 3.00. The summed E-state index contributed by atoms with van der Waals surface area (Å²) >= 11 is 0. The maximum Gasteiger partial charge on any atom is 0.335 e. The van der Waals surface area contributed by atoms with Crippen LogP contribution in [0.25, 0.3) is 0 Å². The molecule has 1 atom stereocenters. The second-order valence-corrected chi connectivity index (χ2v) is 6.36. The lowest BCUT2D eigenvalue weighted by Crippen LogP contribution is -2.45. The number of unbranched alkanes of at least 4 members (excludes halogenated alkanes) is 6. The number of aromatic carboxylic acids is 1. The maximum absolute atomic E-state index is 12.4. The molecule has 1 unspecified atom stereocenters. The molecule has 1 heterocycles. The Kier molecular flexibility index (Phi) is 6.64. The Bertz CT molecular complexity index is 585. The Morgan fingerprint density at radius 2 is 1.83 bits per heavy atom. The highest BCUT2D eigenvalue weighted by Crippen LogP contribution is 2.35. The summed E-state index contributed by atoms with van der Waals surface area (Å²) in [5.74, 6) is -0.522. The number of rotatable bonds is 9. The van der Waals surface area contributed by atoms with Crippen molar-refractivity contribution in [3.05, 3.63) is 23.8 Å². The number of nitrogens with zero attached hydrogens (tertiary/aromatic N) is 1. The van der Waals surface area contributed by atoms with E-state index in [1.807, 2.05) is 0 Å². The van der Waals surface area contributed by atoms with Crippen molar-refractivity contribution >= 4 is 17.6 Å². The molecule has 0 aliphatic carbocycles. The lowest BCUT2D eigenvalue weighted by atomic mass is 10.1. The fourth-order valence-corrected chi connectivity index (χ4v) is 3.00. The molecule has 0 spiro atoms. The van der Waals surface area contributed by atoms with Crippen LogP contribution in [0.5, 0.6) is 5.75 Å². The molecule has 1 amide bonds. The first-order chi connectivity index (χ1) is 11.5. The number of carbonyl (C=O) groups excluding carboxylic acids is 1. The molecular formula is C19H27NO4. The van der Waals surface area contributed by atoms with E-state index >= 15 is 0 Å². The number of anilines is 1. The minimum absolute atomic E-state index is 0.101. The second kappa shape index (κ2) is 8.71. The van der Waals surface area contributed by atoms with E-state index in [-0.39, 0.29) is 11.5 Å². The predicted octanol–water partition coefficient (Wildman–Crippen LogP) is 4.25. The van der Waals surface area contributed by atoms with Crippen LogP contribution >= 0.6 is 0 Å². The summed E-state index contributed by atoms with van der Waals surface area (Å²) in [7, 11) is 0. The van der Waals surface area contributed by atoms with Gasteiger partial charge in [0.2, 0.25) is 0 Å². The topological polar surface area (TPSA) is 66.8 Å². The number of fused-ring (bicyclic) bond motifs is 1. The number of carboxylic acids is 1. The van der Waals surface area contributed by atoms with E-state index < -0.39 is 12.1 Å². The van der Waals surface area contributed by atoms with E-state index in [0.29, 0.717) is 18.0 Å². The van der Waals surface area contributed by atoms with Crippen molar-refractivity contribution in [1.29, 1.82) is 0 Å². The van der Waals surface area contributed by atoms with Gasteiger partial charge in [-0.15, -0.1) is 0 Å². The highest BCUT2D eigenvalue weighted by atomic mass is 16.5. The quantitative estimate of drug-likeness (QED) is 0.686. The summed E-state index contributed by atoms with van der Waals surface area (Å²) < 4.78 is 5.60. The van der Waals surface area contributed by atoms with Gasteiger partial charge >= 0.3 is 5.97 Å². The third kappa shape index (κ3) is 4.49. The van der Waals surface area contributed by atoms with Gasteiger partial charge in [0.1, 0.15) is 5.75 Å². The number of hydrogen-bond acceptors (Lipinski definition) is 3. The number of ether oxygens (including phenoxy) is 1. The minimum atomic E-state index is -1.00. The van der Waals surface area contributed by atoms with Crippen LogP contribution in [0.1, 0.15) is 69.2 Å². The van der Waals surface area contributed by atoms with Gasteiger partial charge in [-0.1, -0.05) is 45.4 Å². The third-order valence-corrected chi connectivity index (χ3v) is 4.40. The van der Waals surface area contributed by atoms with E-state index in [1.165, 1.54) is 44.2 Å². The Morgan fingerprint density at radius 1 is 1.17 bits per heavy atom. The van der Waals surface area contributed by atoms with Gasteiger partial charge in [-0.2, -0.15) is 0 Å². The van der Waals surface area contributed by atoms with Crippen molar-refractivity contribution < 1.29 is 19.4 Å². The van der Waals surface area contributed by atoms with Gasteiger partial charge in [-0.3, -0.25) is 4.79 Å². The summed E-state index contributed by atoms with van der Waals surface area (Å²) in [4.78, 5) is 25.3. The van der Waals surface area contributed by atoms with Crippen molar-refractivity contribution in [3.63, 3.8) is 0 Å². The van der Waals surface area contributed by atoms with Crippen LogP contribution in [0.4, 0.5) is 5.69 Å². The highest BCUT2D eigenvalue weighted by Gasteiger charge is 2.31. The molecule has 0 saturated heterocycles. The van der Waals surface area contributed by atoms with Crippen LogP contribution in [-0.2, 0) is 4.79 Å². The first-order valence-corrected chi connectivity index (χ1v) is 8.90. The maximum atomic E-state index is 12.4. The van der Waals surface area contributed by atoms with E-state index in [4.69, 9.17) is 9.84 Å². The van der Waals surface area contributed by atoms with E-state index in [0.717, 1.165) is 12.8 Å². The van der Waals surface area contributed by atoms with Crippen molar-refractivity contribution in [2.45, 2.75) is 64.9 Å². The first-order valence-electron chi connectivity index (χ1n) is 8.90. The van der Waals surface area contributed by atoms with Gasteiger partial charge in [0.05, 0.1) is 11.3 Å². The number of benzene rings is 1. The Balaban J connectivity index is 1.99. The van der Waals surface area contributed by atoms with Crippen LogP contribution < -0.4 is 9.64 Å². The van der Waals surface area contributed by atoms with Crippen LogP contribution in [0, 0.1) is 0 Å². The van der Waals surface area contributed by atoms with Crippen molar-refractivity contribution in [2.24, 2.45) is 0 Å². The van der Waals surface area contributed by atoms with Crippen LogP contribution in [0.3, 0.4) is 0 Å². The Hall–Kier alpha value is -2.04. The second-order valence-electron chi connectivity index (χ2n) is 6.36. The van der Waals surface area contributed by atoms with Crippen molar-refractivity contribution in [1.82, 2.24) is 0 Å². The van der Waals surface area contributed by atoms with Crippen LogP contribution in [-0.4, -0.2) is 29.6 Å². The number of carboxylic acid groups (broad SMARTS) is 1. The molecule has 1 aliphatic heterocycles. The average Bonchev–Trinajstić information content (AvgIpc) is 2.56. The predicted molar refractivity (Wildman–Crippen MR) is 93.8 cm³/mol. The molecule has 1 aromatic rings. The Morgan fingerprint density at radius 3 is 2.50 bits per heavy atom. The van der Waals surface area contributed by atoms with Gasteiger partial charge in [-0.25, -0.2) is 4.79 Å². The lowest BCUT2D eigenvalue weighted by molar-refractivity contribution is -0.125. The molecule has 132 valence electrons. The first kappa shape index (κ1) is 18.3. The van der Waals surface area contributed by atoms with Gasteiger partial charge in [0, 0.05) is 6.54 Å². The van der Waals surface area contributed by atoms with Gasteiger partial charge in [0.25, 0.3) is 5.91 Å². The SMILES string of the molecule is CCCCCCCCCN1C(=O)C(C)Oc2ccc(C(=O)O)cc21. The molecular weight excluding hydrogens is 306 g/mol. The van der Waals surface area contributed by atoms with Crippen LogP contribution in [0.15, 0.2) is 18.2 Å². The monoisotopic (exact) mass is 333 g/mol. The lowest BCUT2D eigenvalue weighted by Gasteiger charge is -2.33. The minimum Gasteiger partial charge on any atom is -0.479 e. The number of carbonyl (C=O) groups is 2. The van der Waals surface area contributed by atoms with E-state index in [1.54, 1.807) is 17.9 Å². The molecule has 0 radical (unpaired) electrons. The number of amides is 1. The molecule has 24 heavy (non-hydrogen) atoms. The summed E-state index contributed by atoms with van der Waals surface area (Å²) in [6.45, 7) is 4.54. The molecule has 5 nitrogen and oxygen atoms in total. The smallest absolute Gasteiger partial charge is 0.335 e. The zero-order chi connectivity index (χ0) is 17.5. The van der Waals surface area contributed by atoms with Crippen molar-refractivity contribution in [3.8, 4) is 5.75 Å². The molecule has 2 rings (SSSR count). The zero-order valence-electron chi connectivity index (χ0n) is 14.6. The summed E-state index contributed by atoms with van der Waals surface area (Å²) in [5, 5.41) is 9.16. The molecule has 1 N–H and O–H groups in total. The molecule has 5 heteroatoms. The summed E-state index contributed by atoms with van der Waals surface area (Å²) in [6.07, 6.45) is 7.68. The van der Waals surface area contributed by atoms with Gasteiger partial charge in [-0.05, 0) is 31.5 Å². The van der Waals surface area contributed by atoms with E-state index in [2.05, 4.69) is 6.92 Å². The fraction of sp³-hybridized carbons (Fsp3) is 0.579. The standard InChI is InChI=1S/C19H27NO4/c1-3-4-5-6-7-8-9-12-20-16-13-15(19(22)23)10-11-17(16)24-14(2)18(20)21/h10-11,13-14H,3-9,12H2,1-2H3,(H,22,23). The van der Waals surface area contributed by atoms with Gasteiger partial charge < -0.3 is 14.7 Å². The van der Waals surface area contributed by atoms with Gasteiger partial charge in [0.15, 0.2) is 6.10 Å². The third-order valence-electron chi connectivity index (χ3n) is 4.40. The molecule has 0 saturated carbocycles. The molecule has 0 aromatic heterocycles. The Labute approximate surface area is 143 Å². The molecule has 0 bridgehead atoms. The largest absolute Gasteiger partial charge is 0.479 e. The molecule has 1 aliphatic rings. The zero-order valence-corrected chi connectivity index (χ0v) is 14.6. The van der Waals surface area contributed by atoms with E-state index in [9.17, 15) is 9.59 Å². The molecule has 1 aromatic carbocycles. The molecule has 0 fully saturated rings. The number of hydrogen-bond donors (Lipinski definition) is 1. The normalized spacial score (nSPS) is 16.7. The average molecular weight is 333 g/mol. The van der Waals surface area contributed by atoms with Crippen molar-refractivity contribution in [2.75, 3.05) is 11.4 Å². The van der Waals surface area contributed by atoms with Crippen LogP contribution in [0.2, 0.25) is 0 Å². The summed E-state index contributed by atoms with van der Waals surface area (Å²) in [6, 6.07) is 4.68.